The summed E-state index contributed by atoms with van der Waals surface area (Å²) in [4.78, 5) is 6.22. The lowest BCUT2D eigenvalue weighted by Crippen LogP contribution is -2.13. The average Bonchev–Trinajstić information content (AvgIpc) is 2.67. The highest BCUT2D eigenvalue weighted by Gasteiger charge is 2.06. The van der Waals surface area contributed by atoms with Crippen molar-refractivity contribution in [2.45, 2.75) is 0 Å². The molecule has 2 aromatic heterocycles. The molecule has 0 aliphatic heterocycles. The van der Waals surface area contributed by atoms with E-state index in [0.29, 0.717) is 6.61 Å². The maximum Gasteiger partial charge on any atom is 0.141 e. The van der Waals surface area contributed by atoms with E-state index in [0.717, 1.165) is 15.9 Å². The third-order valence-corrected chi connectivity index (χ3v) is 2.73. The maximum atomic E-state index is 8.58. The van der Waals surface area contributed by atoms with Crippen LogP contribution in [-0.4, -0.2) is 23.1 Å². The van der Waals surface area contributed by atoms with Gasteiger partial charge in [0.05, 0.1) is 12.3 Å². The fourth-order valence-electron chi connectivity index (χ4n) is 1.16. The normalized spacial score (nSPS) is 10.8. The predicted molar refractivity (Wildman–Crippen MR) is 52.8 cm³/mol. The van der Waals surface area contributed by atoms with E-state index in [4.69, 9.17) is 15.7 Å². The van der Waals surface area contributed by atoms with Crippen LogP contribution in [0.5, 0.6) is 0 Å². The van der Waals surface area contributed by atoms with Crippen molar-refractivity contribution >= 4 is 27.2 Å². The second kappa shape index (κ2) is 3.27. The largest absolute Gasteiger partial charge is 0.411 e. The number of hydrogen-bond acceptors (Lipinski definition) is 4. The molecule has 5 heteroatoms. The third-order valence-electron chi connectivity index (χ3n) is 1.74. The first-order chi connectivity index (χ1) is 6.33. The number of aromatic nitrogens is 1. The highest BCUT2D eigenvalue weighted by atomic mass is 32.1. The van der Waals surface area contributed by atoms with Crippen LogP contribution >= 0.6 is 11.3 Å². The van der Waals surface area contributed by atoms with Gasteiger partial charge in [-0.15, -0.1) is 11.3 Å². The Labute approximate surface area is 79.1 Å². The Morgan fingerprint density at radius 3 is 3.23 bits per heavy atom. The molecule has 13 heavy (non-hydrogen) atoms. The van der Waals surface area contributed by atoms with E-state index in [-0.39, 0.29) is 6.61 Å². The lowest BCUT2D eigenvalue weighted by Gasteiger charge is -2.03. The molecule has 70 valence electrons. The lowest BCUT2D eigenvalue weighted by molar-refractivity contribution is 0.0840. The molecule has 0 aromatic carbocycles. The van der Waals surface area contributed by atoms with E-state index in [1.807, 2.05) is 11.4 Å². The standard InChI is InChI=1S/C8H10N2O2S/c9-7-5-13-8-6(7)1-2-10(8)12-4-3-11/h1-2,5,11H,3-4,9H2. The van der Waals surface area contributed by atoms with Crippen LogP contribution in [0, 0.1) is 0 Å². The van der Waals surface area contributed by atoms with Gasteiger partial charge in [0, 0.05) is 17.0 Å². The molecule has 3 N–H and O–H groups in total. The molecule has 2 rings (SSSR count). The van der Waals surface area contributed by atoms with Crippen molar-refractivity contribution < 1.29 is 9.94 Å². The summed E-state index contributed by atoms with van der Waals surface area (Å²) in [5.41, 5.74) is 6.48. The average molecular weight is 198 g/mol. The summed E-state index contributed by atoms with van der Waals surface area (Å²) in [6, 6.07) is 1.90. The van der Waals surface area contributed by atoms with Crippen molar-refractivity contribution in [3.63, 3.8) is 0 Å². The number of anilines is 1. The van der Waals surface area contributed by atoms with Crippen LogP contribution in [-0.2, 0) is 0 Å². The Morgan fingerprint density at radius 2 is 2.46 bits per heavy atom. The summed E-state index contributed by atoms with van der Waals surface area (Å²) in [5.74, 6) is 0. The van der Waals surface area contributed by atoms with E-state index in [1.165, 1.54) is 11.3 Å². The highest BCUT2D eigenvalue weighted by molar-refractivity contribution is 7.17. The molecular weight excluding hydrogens is 188 g/mol. The maximum absolute atomic E-state index is 8.58. The highest BCUT2D eigenvalue weighted by Crippen LogP contribution is 2.27. The molecule has 0 fully saturated rings. The van der Waals surface area contributed by atoms with Gasteiger partial charge >= 0.3 is 0 Å². The van der Waals surface area contributed by atoms with E-state index < -0.39 is 0 Å². The van der Waals surface area contributed by atoms with Gasteiger partial charge in [0.25, 0.3) is 0 Å². The minimum atomic E-state index is 0.0144. The Kier molecular flexibility index (Phi) is 2.12. The molecule has 0 radical (unpaired) electrons. The molecule has 0 atom stereocenters. The number of hydrogen-bond donors (Lipinski definition) is 2. The van der Waals surface area contributed by atoms with Gasteiger partial charge in [0.15, 0.2) is 0 Å². The van der Waals surface area contributed by atoms with Crippen molar-refractivity contribution in [1.29, 1.82) is 0 Å². The number of aliphatic hydroxyl groups is 1. The van der Waals surface area contributed by atoms with Gasteiger partial charge in [0.1, 0.15) is 11.4 Å². The first-order valence-corrected chi connectivity index (χ1v) is 4.79. The minimum Gasteiger partial charge on any atom is -0.411 e. The van der Waals surface area contributed by atoms with Crippen molar-refractivity contribution in [2.75, 3.05) is 18.9 Å². The van der Waals surface area contributed by atoms with Crippen LogP contribution in [0.3, 0.4) is 0 Å². The Balaban J connectivity index is 2.35. The van der Waals surface area contributed by atoms with E-state index >= 15 is 0 Å². The number of thiophene rings is 1. The van der Waals surface area contributed by atoms with Gasteiger partial charge in [-0.3, -0.25) is 0 Å². The Hall–Kier alpha value is -1.20. The number of nitrogens with two attached hydrogens (primary N) is 1. The topological polar surface area (TPSA) is 60.4 Å². The van der Waals surface area contributed by atoms with Gasteiger partial charge in [-0.2, -0.15) is 4.73 Å². The van der Waals surface area contributed by atoms with Gasteiger partial charge in [-0.1, -0.05) is 0 Å². The second-order valence-corrected chi connectivity index (χ2v) is 3.47. The molecule has 0 saturated carbocycles. The van der Waals surface area contributed by atoms with Gasteiger partial charge in [-0.05, 0) is 6.07 Å². The number of aliphatic hydroxyl groups excluding tert-OH is 1. The van der Waals surface area contributed by atoms with E-state index in [9.17, 15) is 0 Å². The summed E-state index contributed by atoms with van der Waals surface area (Å²) in [7, 11) is 0. The van der Waals surface area contributed by atoms with Gasteiger partial charge in [-0.25, -0.2) is 0 Å². The summed E-state index contributed by atoms with van der Waals surface area (Å²) in [5, 5.41) is 11.5. The SMILES string of the molecule is Nc1csc2c1ccn2OCCO. The van der Waals surface area contributed by atoms with E-state index in [2.05, 4.69) is 0 Å². The fourth-order valence-corrected chi connectivity index (χ4v) is 2.05. The van der Waals surface area contributed by atoms with Crippen LogP contribution < -0.4 is 10.6 Å². The van der Waals surface area contributed by atoms with Gasteiger partial charge < -0.3 is 15.7 Å². The summed E-state index contributed by atoms with van der Waals surface area (Å²) in [6.07, 6.45) is 1.80. The Morgan fingerprint density at radius 1 is 1.62 bits per heavy atom. The molecule has 0 bridgehead atoms. The first kappa shape index (κ1) is 8.40. The molecule has 2 heterocycles. The summed E-state index contributed by atoms with van der Waals surface area (Å²) >= 11 is 1.53. The quantitative estimate of drug-likeness (QED) is 0.763. The van der Waals surface area contributed by atoms with Crippen LogP contribution in [0.4, 0.5) is 5.69 Å². The van der Waals surface area contributed by atoms with Gasteiger partial charge in [0.2, 0.25) is 0 Å². The molecule has 4 nitrogen and oxygen atoms in total. The van der Waals surface area contributed by atoms with Crippen LogP contribution in [0.15, 0.2) is 17.6 Å². The molecule has 0 saturated heterocycles. The van der Waals surface area contributed by atoms with Crippen LogP contribution in [0.2, 0.25) is 0 Å². The fraction of sp³-hybridized carbons (Fsp3) is 0.250. The smallest absolute Gasteiger partial charge is 0.141 e. The number of fused-ring (bicyclic) bond motifs is 1. The van der Waals surface area contributed by atoms with Crippen LogP contribution in [0.25, 0.3) is 10.2 Å². The molecule has 0 spiro atoms. The molecule has 0 aliphatic rings. The molecule has 0 unspecified atom stereocenters. The third kappa shape index (κ3) is 1.36. The summed E-state index contributed by atoms with van der Waals surface area (Å²) < 4.78 is 1.63. The first-order valence-electron chi connectivity index (χ1n) is 3.91. The van der Waals surface area contributed by atoms with Crippen molar-refractivity contribution in [2.24, 2.45) is 0 Å². The van der Waals surface area contributed by atoms with Crippen LogP contribution in [0.1, 0.15) is 0 Å². The Bertz CT molecular complexity index is 407. The second-order valence-electron chi connectivity index (χ2n) is 2.61. The zero-order valence-electron chi connectivity index (χ0n) is 6.93. The lowest BCUT2D eigenvalue weighted by atomic mass is 10.4. The van der Waals surface area contributed by atoms with E-state index in [1.54, 1.807) is 10.9 Å². The summed E-state index contributed by atoms with van der Waals surface area (Å²) in [6.45, 7) is 0.308. The van der Waals surface area contributed by atoms with Crippen molar-refractivity contribution in [3.8, 4) is 0 Å². The zero-order chi connectivity index (χ0) is 9.26. The zero-order valence-corrected chi connectivity index (χ0v) is 7.75. The predicted octanol–water partition coefficient (Wildman–Crippen LogP) is 0.706. The molecule has 2 aromatic rings. The molecule has 0 aliphatic carbocycles. The molecule has 0 amide bonds. The number of nitrogens with zero attached hydrogens (tertiary/aromatic N) is 1. The number of rotatable bonds is 3. The monoisotopic (exact) mass is 198 g/mol. The van der Waals surface area contributed by atoms with Crippen molar-refractivity contribution in [3.05, 3.63) is 17.6 Å². The number of nitrogen functional groups attached to an aromatic ring is 1. The minimum absolute atomic E-state index is 0.0144. The molecular formula is C8H10N2O2S. The van der Waals surface area contributed by atoms with Crippen molar-refractivity contribution in [1.82, 2.24) is 4.73 Å².